The summed E-state index contributed by atoms with van der Waals surface area (Å²) in [5.74, 6) is -0.608. The SMILES string of the molecule is Cc1ncsc1-c1ccc([C@H](C)CC(=O)[C@@H]2C[C@@H](O)CN2C(=O)C(NC(=O)COCCCCCNc2ccc(C(=O)N[C@H]3C(C)(C)[C@@H](Oc4ccc(C#N)c(Cl)c4)C3(C)C)cc2)C(C)(C)C)cc1. The Balaban J connectivity index is 0.887. The molecule has 0 radical (unpaired) electrons. The van der Waals surface area contributed by atoms with E-state index in [9.17, 15) is 29.5 Å². The van der Waals surface area contributed by atoms with Gasteiger partial charge in [0, 0.05) is 66.7 Å². The van der Waals surface area contributed by atoms with Crippen LogP contribution in [-0.2, 0) is 19.1 Å². The molecule has 1 saturated heterocycles. The van der Waals surface area contributed by atoms with Crippen molar-refractivity contribution >= 4 is 52.1 Å². The molecule has 4 N–H and O–H groups in total. The highest BCUT2D eigenvalue weighted by Gasteiger charge is 2.64. The van der Waals surface area contributed by atoms with Crippen LogP contribution in [0.1, 0.15) is 121 Å². The van der Waals surface area contributed by atoms with Gasteiger partial charge in [-0.15, -0.1) is 11.3 Å². The monoisotopic (exact) mass is 966 g/mol. The molecule has 4 atom stereocenters. The first kappa shape index (κ1) is 52.0. The van der Waals surface area contributed by atoms with Crippen LogP contribution in [0.5, 0.6) is 5.75 Å². The third kappa shape index (κ3) is 12.3. The van der Waals surface area contributed by atoms with Crippen LogP contribution in [0, 0.1) is 34.5 Å². The van der Waals surface area contributed by atoms with Crippen LogP contribution in [0.3, 0.4) is 0 Å². The standard InChI is InChI=1S/C53H67ClN6O7S/c1-32(34-13-15-35(16-14-34)45-33(2)57-31-68-45)25-43(62)42-26-39(61)29-60(42)48(65)46(51(3,4)5)58-44(63)30-66-24-12-10-11-23-56-38-20-17-36(18-21-38)47(64)59-49-52(6,7)50(53(49,8)9)67-40-22-19-37(28-55)41(54)27-40/h13-22,27,31-32,39,42,46,49-50,56,61H,10-12,23-26,29-30H2,1-9H3,(H,58,63)(H,59,64)/t32-,39-,42+,46?,49-,50+/m1/s1. The lowest BCUT2D eigenvalue weighted by Crippen LogP contribution is -2.74. The molecule has 2 heterocycles. The molecular formula is C53H67ClN6O7S. The number of likely N-dealkylation sites (tertiary alicyclic amines) is 1. The van der Waals surface area contributed by atoms with E-state index in [-0.39, 0.29) is 66.6 Å². The smallest absolute Gasteiger partial charge is 0.251 e. The van der Waals surface area contributed by atoms with E-state index < -0.39 is 35.4 Å². The molecular weight excluding hydrogens is 900 g/mol. The molecule has 2 aliphatic rings. The van der Waals surface area contributed by atoms with Gasteiger partial charge in [-0.05, 0) is 85.0 Å². The second-order valence-electron chi connectivity index (χ2n) is 20.6. The highest BCUT2D eigenvalue weighted by atomic mass is 35.5. The van der Waals surface area contributed by atoms with Crippen molar-refractivity contribution in [2.45, 2.75) is 131 Å². The predicted molar refractivity (Wildman–Crippen MR) is 267 cm³/mol. The number of carbonyl (C=O) groups is 4. The van der Waals surface area contributed by atoms with Crippen LogP contribution in [0.4, 0.5) is 5.69 Å². The van der Waals surface area contributed by atoms with E-state index in [1.54, 1.807) is 41.7 Å². The topological polar surface area (TPSA) is 183 Å². The zero-order chi connectivity index (χ0) is 49.6. The second-order valence-corrected chi connectivity index (χ2v) is 21.9. The summed E-state index contributed by atoms with van der Waals surface area (Å²) in [6, 6.07) is 20.8. The Morgan fingerprint density at radius 3 is 2.31 bits per heavy atom. The van der Waals surface area contributed by atoms with E-state index in [2.05, 4.69) is 54.7 Å². The minimum atomic E-state index is -0.924. The van der Waals surface area contributed by atoms with Crippen molar-refractivity contribution in [1.29, 1.82) is 5.26 Å². The fourth-order valence-corrected chi connectivity index (χ4v) is 11.0. The molecule has 1 unspecified atom stereocenters. The minimum absolute atomic E-state index is 0.0265. The van der Waals surface area contributed by atoms with Gasteiger partial charge in [0.25, 0.3) is 5.91 Å². The molecule has 1 aromatic heterocycles. The Hall–Kier alpha value is -5.33. The van der Waals surface area contributed by atoms with Crippen molar-refractivity contribution in [2.24, 2.45) is 16.2 Å². The molecule has 3 aromatic carbocycles. The van der Waals surface area contributed by atoms with Gasteiger partial charge in [-0.2, -0.15) is 5.26 Å². The first-order chi connectivity index (χ1) is 32.1. The van der Waals surface area contributed by atoms with E-state index in [0.717, 1.165) is 46.6 Å². The summed E-state index contributed by atoms with van der Waals surface area (Å²) in [6.07, 6.45) is 1.79. The Kier molecular flexibility index (Phi) is 16.8. The third-order valence-corrected chi connectivity index (χ3v) is 14.7. The van der Waals surface area contributed by atoms with Gasteiger partial charge in [0.2, 0.25) is 11.8 Å². The molecule has 364 valence electrons. The van der Waals surface area contributed by atoms with Gasteiger partial charge in [0.15, 0.2) is 5.78 Å². The van der Waals surface area contributed by atoms with Gasteiger partial charge in [0.1, 0.15) is 30.6 Å². The van der Waals surface area contributed by atoms with E-state index >= 15 is 0 Å². The van der Waals surface area contributed by atoms with Crippen molar-refractivity contribution in [1.82, 2.24) is 20.5 Å². The van der Waals surface area contributed by atoms with Gasteiger partial charge >= 0.3 is 0 Å². The Morgan fingerprint density at radius 2 is 1.69 bits per heavy atom. The van der Waals surface area contributed by atoms with Crippen LogP contribution in [0.2, 0.25) is 5.02 Å². The summed E-state index contributed by atoms with van der Waals surface area (Å²) >= 11 is 7.83. The maximum Gasteiger partial charge on any atom is 0.251 e. The van der Waals surface area contributed by atoms with E-state index in [1.165, 1.54) is 4.90 Å². The number of nitrogens with one attached hydrogen (secondary N) is 3. The summed E-state index contributed by atoms with van der Waals surface area (Å²) in [6.45, 7) is 18.7. The molecule has 15 heteroatoms. The largest absolute Gasteiger partial charge is 0.489 e. The Labute approximate surface area is 410 Å². The summed E-state index contributed by atoms with van der Waals surface area (Å²) in [4.78, 5) is 61.2. The summed E-state index contributed by atoms with van der Waals surface area (Å²) in [5.41, 5.74) is 5.31. The number of aromatic nitrogens is 1. The second kappa shape index (κ2) is 22.0. The average molecular weight is 968 g/mol. The van der Waals surface area contributed by atoms with Gasteiger partial charge in [-0.3, -0.25) is 19.2 Å². The molecule has 0 spiro atoms. The minimum Gasteiger partial charge on any atom is -0.489 e. The van der Waals surface area contributed by atoms with Crippen LogP contribution in [-0.4, -0.2) is 95.1 Å². The van der Waals surface area contributed by atoms with Gasteiger partial charge in [-0.1, -0.05) is 91.3 Å². The number of ether oxygens (including phenoxy) is 2. The number of β-amino-alcohol motifs (C(OH)–C–C–N with tert-alkyl or cyclic N) is 1. The number of Topliss-reactive ketones (excluding diaryl/α,β-unsaturated/α-hetero) is 1. The van der Waals surface area contributed by atoms with Crippen LogP contribution >= 0.6 is 22.9 Å². The number of rotatable bonds is 20. The summed E-state index contributed by atoms with van der Waals surface area (Å²) < 4.78 is 12.1. The number of halogens is 1. The number of hydrogen-bond acceptors (Lipinski definition) is 11. The van der Waals surface area contributed by atoms with E-state index in [1.807, 2.05) is 76.5 Å². The first-order valence-corrected chi connectivity index (χ1v) is 24.8. The molecule has 1 saturated carbocycles. The predicted octanol–water partition coefficient (Wildman–Crippen LogP) is 9.11. The number of aryl methyl sites for hydroxylation is 1. The number of amides is 3. The number of unbranched alkanes of at least 4 members (excludes halogenated alkanes) is 2. The number of hydrogen-bond donors (Lipinski definition) is 4. The highest BCUT2D eigenvalue weighted by Crippen LogP contribution is 2.55. The zero-order valence-electron chi connectivity index (χ0n) is 40.8. The Bertz CT molecular complexity index is 2440. The number of anilines is 1. The van der Waals surface area contributed by atoms with Crippen LogP contribution < -0.4 is 20.7 Å². The molecule has 13 nitrogen and oxygen atoms in total. The summed E-state index contributed by atoms with van der Waals surface area (Å²) in [5, 5.41) is 29.7. The number of aliphatic hydroxyl groups is 1. The number of nitrogens with zero attached hydrogens (tertiary/aromatic N) is 3. The van der Waals surface area contributed by atoms with Gasteiger partial charge in [0.05, 0.1) is 38.8 Å². The van der Waals surface area contributed by atoms with Gasteiger partial charge < -0.3 is 35.4 Å². The molecule has 1 aliphatic carbocycles. The molecule has 3 amide bonds. The number of ketones is 1. The molecule has 1 aliphatic heterocycles. The number of nitriles is 1. The van der Waals surface area contributed by atoms with E-state index in [4.69, 9.17) is 21.1 Å². The number of benzene rings is 3. The molecule has 0 bridgehead atoms. The first-order valence-electron chi connectivity index (χ1n) is 23.5. The maximum atomic E-state index is 14.1. The van der Waals surface area contributed by atoms with Crippen molar-refractivity contribution in [3.8, 4) is 22.3 Å². The highest BCUT2D eigenvalue weighted by molar-refractivity contribution is 7.13. The molecule has 68 heavy (non-hydrogen) atoms. The summed E-state index contributed by atoms with van der Waals surface area (Å²) in [7, 11) is 0. The zero-order valence-corrected chi connectivity index (χ0v) is 42.4. The average Bonchev–Trinajstić information content (AvgIpc) is 3.91. The molecule has 2 fully saturated rings. The Morgan fingerprint density at radius 1 is 1.00 bits per heavy atom. The fourth-order valence-electron chi connectivity index (χ4n) is 9.93. The molecule has 6 rings (SSSR count). The lowest BCUT2D eigenvalue weighted by atomic mass is 9.49. The van der Waals surface area contributed by atoms with Crippen molar-refractivity contribution in [2.75, 3.05) is 31.6 Å². The number of thiazole rings is 1. The van der Waals surface area contributed by atoms with Crippen molar-refractivity contribution < 1.29 is 33.8 Å². The van der Waals surface area contributed by atoms with Crippen molar-refractivity contribution in [3.63, 3.8) is 0 Å². The fraction of sp³-hybridized carbons (Fsp3) is 0.509. The quantitative estimate of drug-likeness (QED) is 0.0624. The normalized spacial score (nSPS) is 20.4. The van der Waals surface area contributed by atoms with Crippen LogP contribution in [0.15, 0.2) is 72.2 Å². The van der Waals surface area contributed by atoms with Crippen molar-refractivity contribution in [3.05, 3.63) is 99.6 Å². The number of aliphatic hydroxyl groups excluding tert-OH is 1. The maximum absolute atomic E-state index is 14.1. The van der Waals surface area contributed by atoms with Gasteiger partial charge in [-0.25, -0.2) is 4.98 Å². The molecule has 4 aromatic rings. The number of carbonyl (C=O) groups excluding carboxylic acids is 4. The third-order valence-electron chi connectivity index (χ3n) is 13.5. The lowest BCUT2D eigenvalue weighted by molar-refractivity contribution is -0.164. The van der Waals surface area contributed by atoms with Crippen LogP contribution in [0.25, 0.3) is 10.4 Å². The van der Waals surface area contributed by atoms with E-state index in [0.29, 0.717) is 35.1 Å². The lowest BCUT2D eigenvalue weighted by Gasteiger charge is -2.63.